The van der Waals surface area contributed by atoms with Crippen molar-refractivity contribution in [2.45, 2.75) is 65.1 Å². The predicted molar refractivity (Wildman–Crippen MR) is 253 cm³/mol. The van der Waals surface area contributed by atoms with Gasteiger partial charge in [-0.15, -0.1) is 0 Å². The zero-order valence-corrected chi connectivity index (χ0v) is 38.0. The molecule has 6 aromatic carbocycles. The van der Waals surface area contributed by atoms with Crippen molar-refractivity contribution >= 4 is 29.2 Å². The van der Waals surface area contributed by atoms with E-state index in [2.05, 4.69) is 58.3 Å². The Morgan fingerprint density at radius 3 is 1.27 bits per heavy atom. The number of ether oxygens (including phenoxy) is 2. The number of nitriles is 1. The van der Waals surface area contributed by atoms with Gasteiger partial charge in [0.15, 0.2) is 11.2 Å². The fourth-order valence-electron chi connectivity index (χ4n) is 8.15. The third kappa shape index (κ3) is 11.7. The van der Waals surface area contributed by atoms with Crippen LogP contribution < -0.4 is 19.3 Å². The van der Waals surface area contributed by atoms with E-state index in [1.807, 2.05) is 78.9 Å². The number of amides is 2. The van der Waals surface area contributed by atoms with Gasteiger partial charge in [-0.3, -0.25) is 19.4 Å². The van der Waals surface area contributed by atoms with Crippen LogP contribution in [0.5, 0.6) is 11.5 Å². The molecule has 67 heavy (non-hydrogen) atoms. The second-order valence-electron chi connectivity index (χ2n) is 17.5. The van der Waals surface area contributed by atoms with Gasteiger partial charge in [-0.1, -0.05) is 121 Å². The highest BCUT2D eigenvalue weighted by atomic mass is 19.1. The third-order valence-electron chi connectivity index (χ3n) is 11.6. The molecule has 8 rings (SSSR count). The van der Waals surface area contributed by atoms with Crippen LogP contribution in [0.25, 0.3) is 0 Å². The summed E-state index contributed by atoms with van der Waals surface area (Å²) in [6.07, 6.45) is 0. The zero-order valence-electron chi connectivity index (χ0n) is 38.0. The summed E-state index contributed by atoms with van der Waals surface area (Å²) in [4.78, 5) is 45.6. The Kier molecular flexibility index (Phi) is 14.8. The minimum Gasteiger partial charge on any atom is -0.478 e. The second kappa shape index (κ2) is 20.8. The van der Waals surface area contributed by atoms with E-state index in [-0.39, 0.29) is 34.6 Å². The highest BCUT2D eigenvalue weighted by Crippen LogP contribution is 2.41. The van der Waals surface area contributed by atoms with E-state index in [0.717, 1.165) is 30.3 Å². The van der Waals surface area contributed by atoms with Crippen molar-refractivity contribution in [2.24, 2.45) is 0 Å². The van der Waals surface area contributed by atoms with Gasteiger partial charge in [-0.25, -0.2) is 13.6 Å². The Bertz CT molecular complexity index is 2650. The number of fused-ring (bicyclic) bond motifs is 2. The van der Waals surface area contributed by atoms with Crippen LogP contribution in [0.15, 0.2) is 146 Å². The molecule has 0 unspecified atom stereocenters. The van der Waals surface area contributed by atoms with E-state index in [0.29, 0.717) is 45.0 Å². The van der Waals surface area contributed by atoms with Crippen LogP contribution in [0, 0.1) is 23.0 Å². The standard InChI is InChI=1S/C27H26FN3O2.C27H27FN2O4/c1-27(2)26(32)31(24-15-22(17-29)23(28)16-25(24)33-27)14-13-30(18-20-9-5-3-6-10-20)19-21-11-7-4-8-12-21;1-27(2)26(33)30(23-15-21(25(31)32)22(28)16-24(23)34-27)14-13-29(17-19-9-5-3-6-10-19)18-20-11-7-4-8-12-20/h3-12,15-16H,13-14,18-19H2,1-2H3;3-12,15-16H,13-14,17-18H2,1-2H3,(H,31,32). The number of hydrogen-bond acceptors (Lipinski definition) is 8. The smallest absolute Gasteiger partial charge is 0.338 e. The number of aromatic carboxylic acids is 1. The lowest BCUT2D eigenvalue weighted by atomic mass is 10.0. The predicted octanol–water partition coefficient (Wildman–Crippen LogP) is 9.63. The van der Waals surface area contributed by atoms with Crippen molar-refractivity contribution in [1.29, 1.82) is 5.26 Å². The number of carbonyl (C=O) groups excluding carboxylic acids is 2. The fraction of sp³-hybridized carbons (Fsp3) is 0.259. The number of carbonyl (C=O) groups is 3. The maximum Gasteiger partial charge on any atom is 0.338 e. The largest absolute Gasteiger partial charge is 0.478 e. The summed E-state index contributed by atoms with van der Waals surface area (Å²) in [5.74, 6) is -3.04. The van der Waals surface area contributed by atoms with E-state index in [9.17, 15) is 33.5 Å². The number of benzene rings is 6. The van der Waals surface area contributed by atoms with Crippen molar-refractivity contribution in [3.05, 3.63) is 191 Å². The van der Waals surface area contributed by atoms with Crippen molar-refractivity contribution < 1.29 is 37.7 Å². The summed E-state index contributed by atoms with van der Waals surface area (Å²) in [7, 11) is 0. The van der Waals surface area contributed by atoms with Gasteiger partial charge in [-0.2, -0.15) is 5.26 Å². The molecule has 0 spiro atoms. The molecule has 344 valence electrons. The molecule has 2 aliphatic heterocycles. The number of carboxylic acid groups (broad SMARTS) is 1. The number of hydrogen-bond donors (Lipinski definition) is 1. The summed E-state index contributed by atoms with van der Waals surface area (Å²) >= 11 is 0. The molecule has 1 N–H and O–H groups in total. The molecule has 0 aromatic heterocycles. The van der Waals surface area contributed by atoms with Crippen LogP contribution in [0.2, 0.25) is 0 Å². The third-order valence-corrected chi connectivity index (χ3v) is 11.6. The van der Waals surface area contributed by atoms with Gasteiger partial charge in [0, 0.05) is 64.5 Å². The molecule has 0 atom stereocenters. The summed E-state index contributed by atoms with van der Waals surface area (Å²) in [6.45, 7) is 11.2. The average Bonchev–Trinajstić information content (AvgIpc) is 3.30. The van der Waals surface area contributed by atoms with Crippen molar-refractivity contribution in [3.8, 4) is 17.6 Å². The van der Waals surface area contributed by atoms with E-state index >= 15 is 0 Å². The van der Waals surface area contributed by atoms with E-state index in [4.69, 9.17) is 9.47 Å². The van der Waals surface area contributed by atoms with E-state index < -0.39 is 34.4 Å². The molecular weight excluding hydrogens is 853 g/mol. The quantitative estimate of drug-likeness (QED) is 0.107. The highest BCUT2D eigenvalue weighted by Gasteiger charge is 2.43. The lowest BCUT2D eigenvalue weighted by Gasteiger charge is -2.39. The lowest BCUT2D eigenvalue weighted by molar-refractivity contribution is -0.133. The molecule has 0 saturated heterocycles. The van der Waals surface area contributed by atoms with Gasteiger partial charge < -0.3 is 24.4 Å². The molecule has 0 bridgehead atoms. The summed E-state index contributed by atoms with van der Waals surface area (Å²) < 4.78 is 40.1. The van der Waals surface area contributed by atoms with Gasteiger partial charge >= 0.3 is 5.97 Å². The van der Waals surface area contributed by atoms with E-state index in [1.54, 1.807) is 32.6 Å². The first kappa shape index (κ1) is 47.6. The fourth-order valence-corrected chi connectivity index (χ4v) is 8.15. The summed E-state index contributed by atoms with van der Waals surface area (Å²) in [5, 5.41) is 18.7. The highest BCUT2D eigenvalue weighted by molar-refractivity contribution is 6.04. The SMILES string of the molecule is CC1(C)Oc2cc(F)c(C#N)cc2N(CCN(Cc2ccccc2)Cc2ccccc2)C1=O.CC1(C)Oc2cc(F)c(C(=O)O)cc2N(CCN(Cc2ccccc2)Cc2ccccc2)C1=O. The normalized spacial score (nSPS) is 14.6. The minimum atomic E-state index is -1.40. The van der Waals surface area contributed by atoms with Crippen LogP contribution in [0.1, 0.15) is 65.9 Å². The van der Waals surface area contributed by atoms with Crippen LogP contribution in [-0.4, -0.2) is 70.1 Å². The average molecular weight is 906 g/mol. The van der Waals surface area contributed by atoms with Crippen molar-refractivity contribution in [3.63, 3.8) is 0 Å². The first-order valence-electron chi connectivity index (χ1n) is 22.0. The molecule has 11 nitrogen and oxygen atoms in total. The Hall–Kier alpha value is -7.40. The first-order valence-corrected chi connectivity index (χ1v) is 22.0. The van der Waals surface area contributed by atoms with Gasteiger partial charge in [0.1, 0.15) is 29.2 Å². The Labute approximate surface area is 390 Å². The van der Waals surface area contributed by atoms with Crippen LogP contribution >= 0.6 is 0 Å². The molecule has 13 heteroatoms. The number of rotatable bonds is 15. The molecule has 0 aliphatic carbocycles. The van der Waals surface area contributed by atoms with Crippen molar-refractivity contribution in [2.75, 3.05) is 36.0 Å². The molecule has 2 heterocycles. The van der Waals surface area contributed by atoms with E-state index in [1.165, 1.54) is 34.2 Å². The number of halogens is 2. The lowest BCUT2D eigenvalue weighted by Crippen LogP contribution is -2.54. The molecule has 2 amide bonds. The second-order valence-corrected chi connectivity index (χ2v) is 17.5. The van der Waals surface area contributed by atoms with Gasteiger partial charge in [0.05, 0.1) is 22.5 Å². The topological polar surface area (TPSA) is 127 Å². The maximum atomic E-state index is 14.3. The summed E-state index contributed by atoms with van der Waals surface area (Å²) in [5.41, 5.74) is 2.40. The number of anilines is 2. The van der Waals surface area contributed by atoms with Crippen LogP contribution in [0.4, 0.5) is 20.2 Å². The first-order chi connectivity index (χ1) is 32.1. The Balaban J connectivity index is 0.000000199. The molecule has 2 aliphatic rings. The zero-order chi connectivity index (χ0) is 47.7. The molecule has 0 fully saturated rings. The number of carboxylic acids is 1. The van der Waals surface area contributed by atoms with Crippen LogP contribution in [-0.2, 0) is 35.8 Å². The monoisotopic (exact) mass is 905 g/mol. The molecule has 0 saturated carbocycles. The Morgan fingerprint density at radius 2 is 0.925 bits per heavy atom. The van der Waals surface area contributed by atoms with Gasteiger partial charge in [-0.05, 0) is 62.1 Å². The van der Waals surface area contributed by atoms with Gasteiger partial charge in [0.2, 0.25) is 0 Å². The molecule has 6 aromatic rings. The maximum absolute atomic E-state index is 14.3. The van der Waals surface area contributed by atoms with Gasteiger partial charge in [0.25, 0.3) is 11.8 Å². The Morgan fingerprint density at radius 1 is 0.582 bits per heavy atom. The molecular formula is C54H53F2N5O6. The minimum absolute atomic E-state index is 0.111. The molecule has 0 radical (unpaired) electrons. The number of nitrogens with zero attached hydrogens (tertiary/aromatic N) is 5. The van der Waals surface area contributed by atoms with Crippen LogP contribution in [0.3, 0.4) is 0 Å². The van der Waals surface area contributed by atoms with Crippen molar-refractivity contribution in [1.82, 2.24) is 9.80 Å². The summed E-state index contributed by atoms with van der Waals surface area (Å²) in [6, 6.07) is 47.1.